The Hall–Kier alpha value is -0.860. The average Bonchev–Trinajstić information content (AvgIpc) is 3.00. The lowest BCUT2D eigenvalue weighted by atomic mass is 10.2. The first-order valence-electron chi connectivity index (χ1n) is 4.64. The third-order valence-electron chi connectivity index (χ3n) is 2.00. The van der Waals surface area contributed by atoms with Crippen molar-refractivity contribution in [2.45, 2.75) is 19.1 Å². The molecule has 0 N–H and O–H groups in total. The Bertz CT molecular complexity index is 250. The molecule has 2 saturated heterocycles. The van der Waals surface area contributed by atoms with E-state index in [1.54, 1.807) is 0 Å². The number of epoxide rings is 2. The van der Waals surface area contributed by atoms with Gasteiger partial charge in [0.2, 0.25) is 0 Å². The molecule has 0 bridgehead atoms. The maximum absolute atomic E-state index is 5.09. The van der Waals surface area contributed by atoms with Crippen LogP contribution < -0.4 is 0 Å². The molecule has 2 unspecified atom stereocenters. The van der Waals surface area contributed by atoms with Gasteiger partial charge in [-0.1, -0.05) is 30.3 Å². The van der Waals surface area contributed by atoms with E-state index >= 15 is 0 Å². The van der Waals surface area contributed by atoms with Crippen LogP contribution in [0.4, 0.5) is 0 Å². The zero-order valence-corrected chi connectivity index (χ0v) is 7.77. The van der Waals surface area contributed by atoms with Crippen molar-refractivity contribution in [1.29, 1.82) is 0 Å². The van der Waals surface area contributed by atoms with Gasteiger partial charge < -0.3 is 9.47 Å². The molecule has 0 aliphatic carbocycles. The molecular formula is C11H14O2. The van der Waals surface area contributed by atoms with Crippen LogP contribution in [0.3, 0.4) is 0 Å². The van der Waals surface area contributed by atoms with Crippen LogP contribution in [-0.4, -0.2) is 19.3 Å². The summed E-state index contributed by atoms with van der Waals surface area (Å²) in [6.07, 6.45) is 0.992. The predicted octanol–water partition coefficient (Wildman–Crippen LogP) is 2.16. The number of hydrogen-bond donors (Lipinski definition) is 0. The van der Waals surface area contributed by atoms with Crippen LogP contribution in [0.2, 0.25) is 0 Å². The van der Waals surface area contributed by atoms with Crippen molar-refractivity contribution >= 4 is 0 Å². The van der Waals surface area contributed by atoms with Gasteiger partial charge in [0, 0.05) is 0 Å². The smallest absolute Gasteiger partial charge is 0.106 e. The van der Waals surface area contributed by atoms with Gasteiger partial charge >= 0.3 is 0 Å². The molecule has 2 atom stereocenters. The Kier molecular flexibility index (Phi) is 2.62. The molecule has 1 aromatic carbocycles. The fraction of sp³-hybridized carbons (Fsp3) is 0.455. The normalized spacial score (nSPS) is 28.7. The van der Waals surface area contributed by atoms with E-state index in [1.165, 1.54) is 5.56 Å². The fourth-order valence-corrected chi connectivity index (χ4v) is 1.00. The lowest BCUT2D eigenvalue weighted by Gasteiger charge is -1.89. The summed E-state index contributed by atoms with van der Waals surface area (Å²) in [7, 11) is 0. The SMILES string of the molecule is CC1CO1.c1ccc(C2CO2)cc1. The molecule has 0 aromatic heterocycles. The van der Waals surface area contributed by atoms with Gasteiger partial charge in [-0.25, -0.2) is 0 Å². The van der Waals surface area contributed by atoms with Crippen molar-refractivity contribution in [3.63, 3.8) is 0 Å². The number of hydrogen-bond acceptors (Lipinski definition) is 2. The van der Waals surface area contributed by atoms with Crippen LogP contribution >= 0.6 is 0 Å². The minimum atomic E-state index is 0.409. The Morgan fingerprint density at radius 3 is 2.00 bits per heavy atom. The molecule has 2 heterocycles. The molecule has 70 valence electrons. The third kappa shape index (κ3) is 3.17. The molecule has 3 rings (SSSR count). The first-order chi connectivity index (χ1) is 6.36. The first-order valence-corrected chi connectivity index (χ1v) is 4.64. The second-order valence-corrected chi connectivity index (χ2v) is 3.38. The van der Waals surface area contributed by atoms with E-state index in [1.807, 2.05) is 18.2 Å². The van der Waals surface area contributed by atoms with E-state index in [9.17, 15) is 0 Å². The van der Waals surface area contributed by atoms with Gasteiger partial charge in [0.25, 0.3) is 0 Å². The summed E-state index contributed by atoms with van der Waals surface area (Å²) < 4.78 is 9.80. The third-order valence-corrected chi connectivity index (χ3v) is 2.00. The Morgan fingerprint density at radius 1 is 1.08 bits per heavy atom. The summed E-state index contributed by atoms with van der Waals surface area (Å²) in [6, 6.07) is 10.3. The van der Waals surface area contributed by atoms with E-state index in [-0.39, 0.29) is 0 Å². The minimum absolute atomic E-state index is 0.409. The monoisotopic (exact) mass is 178 g/mol. The highest BCUT2D eigenvalue weighted by Crippen LogP contribution is 2.28. The van der Waals surface area contributed by atoms with E-state index in [4.69, 9.17) is 9.47 Å². The van der Waals surface area contributed by atoms with E-state index < -0.39 is 0 Å². The van der Waals surface area contributed by atoms with Crippen LogP contribution in [0.1, 0.15) is 18.6 Å². The maximum Gasteiger partial charge on any atom is 0.106 e. The van der Waals surface area contributed by atoms with E-state index in [2.05, 4.69) is 19.1 Å². The number of rotatable bonds is 1. The zero-order chi connectivity index (χ0) is 9.10. The molecule has 2 aliphatic heterocycles. The van der Waals surface area contributed by atoms with Crippen molar-refractivity contribution in [3.8, 4) is 0 Å². The molecule has 2 heteroatoms. The van der Waals surface area contributed by atoms with Crippen LogP contribution in [-0.2, 0) is 9.47 Å². The van der Waals surface area contributed by atoms with Crippen molar-refractivity contribution in [3.05, 3.63) is 35.9 Å². The molecule has 0 amide bonds. The topological polar surface area (TPSA) is 25.1 Å². The standard InChI is InChI=1S/C8H8O.C3H6O/c1-2-4-7(5-3-1)8-6-9-8;1-3-2-4-3/h1-5,8H,6H2;3H,2H2,1H3. The van der Waals surface area contributed by atoms with Crippen LogP contribution in [0.25, 0.3) is 0 Å². The van der Waals surface area contributed by atoms with Gasteiger partial charge in [-0.15, -0.1) is 0 Å². The highest BCUT2D eigenvalue weighted by atomic mass is 16.6. The first kappa shape index (κ1) is 8.73. The molecule has 0 saturated carbocycles. The Labute approximate surface area is 78.5 Å². The van der Waals surface area contributed by atoms with Crippen molar-refractivity contribution in [2.75, 3.05) is 13.2 Å². The minimum Gasteiger partial charge on any atom is -0.373 e. The predicted molar refractivity (Wildman–Crippen MR) is 50.5 cm³/mol. The second kappa shape index (κ2) is 3.90. The molecule has 0 radical (unpaired) electrons. The van der Waals surface area contributed by atoms with Gasteiger partial charge in [-0.3, -0.25) is 0 Å². The molecular weight excluding hydrogens is 164 g/mol. The maximum atomic E-state index is 5.09. The van der Waals surface area contributed by atoms with Crippen molar-refractivity contribution in [2.24, 2.45) is 0 Å². The lowest BCUT2D eigenvalue weighted by Crippen LogP contribution is -1.75. The van der Waals surface area contributed by atoms with Gasteiger partial charge in [0.1, 0.15) is 6.10 Å². The Balaban J connectivity index is 0.000000137. The highest BCUT2D eigenvalue weighted by molar-refractivity contribution is 5.19. The van der Waals surface area contributed by atoms with Crippen molar-refractivity contribution in [1.82, 2.24) is 0 Å². The quantitative estimate of drug-likeness (QED) is 0.616. The summed E-state index contributed by atoms with van der Waals surface area (Å²) in [4.78, 5) is 0. The van der Waals surface area contributed by atoms with Crippen LogP contribution in [0.15, 0.2) is 30.3 Å². The molecule has 2 nitrogen and oxygen atoms in total. The second-order valence-electron chi connectivity index (χ2n) is 3.38. The summed E-state index contributed by atoms with van der Waals surface area (Å²) in [5.74, 6) is 0. The molecule has 2 aliphatic rings. The van der Waals surface area contributed by atoms with E-state index in [0.717, 1.165) is 13.2 Å². The van der Waals surface area contributed by atoms with E-state index in [0.29, 0.717) is 12.2 Å². The van der Waals surface area contributed by atoms with Gasteiger partial charge in [-0.05, 0) is 12.5 Å². The van der Waals surface area contributed by atoms with Crippen LogP contribution in [0, 0.1) is 0 Å². The molecule has 13 heavy (non-hydrogen) atoms. The number of ether oxygens (including phenoxy) is 2. The largest absolute Gasteiger partial charge is 0.373 e. The highest BCUT2D eigenvalue weighted by Gasteiger charge is 2.23. The van der Waals surface area contributed by atoms with Gasteiger partial charge in [0.05, 0.1) is 19.3 Å². The van der Waals surface area contributed by atoms with Crippen molar-refractivity contribution < 1.29 is 9.47 Å². The molecule has 0 spiro atoms. The fourth-order valence-electron chi connectivity index (χ4n) is 1.00. The summed E-state index contributed by atoms with van der Waals surface area (Å²) in [5, 5.41) is 0. The van der Waals surface area contributed by atoms with Gasteiger partial charge in [0.15, 0.2) is 0 Å². The summed E-state index contributed by atoms with van der Waals surface area (Å²) in [5.41, 5.74) is 1.30. The van der Waals surface area contributed by atoms with Gasteiger partial charge in [-0.2, -0.15) is 0 Å². The zero-order valence-electron chi connectivity index (χ0n) is 7.77. The lowest BCUT2D eigenvalue weighted by molar-refractivity contribution is 0.415. The summed E-state index contributed by atoms with van der Waals surface area (Å²) in [6.45, 7) is 3.95. The van der Waals surface area contributed by atoms with Crippen LogP contribution in [0.5, 0.6) is 0 Å². The Morgan fingerprint density at radius 2 is 1.62 bits per heavy atom. The molecule has 2 fully saturated rings. The molecule has 1 aromatic rings. The summed E-state index contributed by atoms with van der Waals surface area (Å²) >= 11 is 0. The number of benzene rings is 1. The average molecular weight is 178 g/mol.